The Morgan fingerprint density at radius 1 is 1.32 bits per heavy atom. The summed E-state index contributed by atoms with van der Waals surface area (Å²) in [6.45, 7) is 9.93. The number of aliphatic imine (C=N–C) groups is 1. The van der Waals surface area contributed by atoms with Gasteiger partial charge in [-0.3, -0.25) is 9.79 Å². The van der Waals surface area contributed by atoms with E-state index in [2.05, 4.69) is 36.6 Å². The number of likely N-dealkylation sites (tertiary alicyclic amines) is 1. The average Bonchev–Trinajstić information content (AvgIpc) is 3.14. The van der Waals surface area contributed by atoms with Crippen molar-refractivity contribution in [3.63, 3.8) is 0 Å². The quantitative estimate of drug-likeness (QED) is 0.309. The summed E-state index contributed by atoms with van der Waals surface area (Å²) in [5, 5.41) is 6.78. The minimum Gasteiger partial charge on any atom is -0.494 e. The van der Waals surface area contributed by atoms with E-state index in [-0.39, 0.29) is 35.9 Å². The van der Waals surface area contributed by atoms with Crippen molar-refractivity contribution >= 4 is 35.8 Å². The molecule has 1 aliphatic heterocycles. The van der Waals surface area contributed by atoms with Gasteiger partial charge in [0.25, 0.3) is 0 Å². The lowest BCUT2D eigenvalue weighted by Crippen LogP contribution is -2.45. The van der Waals surface area contributed by atoms with Gasteiger partial charge in [-0.25, -0.2) is 0 Å². The Labute approximate surface area is 186 Å². The zero-order valence-electron chi connectivity index (χ0n) is 17.4. The Morgan fingerprint density at radius 2 is 2.14 bits per heavy atom. The van der Waals surface area contributed by atoms with Crippen LogP contribution >= 0.6 is 24.0 Å². The molecule has 158 valence electrons. The number of carbonyl (C=O) groups is 1. The van der Waals surface area contributed by atoms with Crippen LogP contribution in [0.1, 0.15) is 45.6 Å². The second-order valence-corrected chi connectivity index (χ2v) is 6.83. The van der Waals surface area contributed by atoms with Crippen LogP contribution in [-0.4, -0.2) is 55.6 Å². The van der Waals surface area contributed by atoms with E-state index in [0.29, 0.717) is 13.0 Å². The molecule has 1 saturated heterocycles. The van der Waals surface area contributed by atoms with Crippen LogP contribution in [0.2, 0.25) is 0 Å². The molecule has 6 nitrogen and oxygen atoms in total. The number of halogens is 1. The van der Waals surface area contributed by atoms with Crippen LogP contribution in [0.25, 0.3) is 0 Å². The molecule has 1 heterocycles. The molecule has 0 saturated carbocycles. The molecule has 0 bridgehead atoms. The molecule has 0 aliphatic carbocycles. The Hall–Kier alpha value is -1.51. The van der Waals surface area contributed by atoms with Gasteiger partial charge in [-0.1, -0.05) is 26.0 Å². The monoisotopic (exact) mass is 502 g/mol. The van der Waals surface area contributed by atoms with E-state index in [1.807, 2.05) is 24.0 Å². The third-order valence-corrected chi connectivity index (χ3v) is 4.57. The minimum atomic E-state index is 0. The van der Waals surface area contributed by atoms with E-state index in [9.17, 15) is 4.79 Å². The SMILES string of the molecule is CCCOc1cccc(CCN=C(NCC)NC2CCN(C(=O)CC)C2)c1.I. The van der Waals surface area contributed by atoms with Crippen molar-refractivity contribution in [3.05, 3.63) is 29.8 Å². The molecule has 1 aliphatic rings. The molecule has 0 aromatic heterocycles. The molecule has 2 N–H and O–H groups in total. The fourth-order valence-electron chi connectivity index (χ4n) is 3.15. The zero-order chi connectivity index (χ0) is 19.5. The van der Waals surface area contributed by atoms with Gasteiger partial charge in [0.2, 0.25) is 5.91 Å². The largest absolute Gasteiger partial charge is 0.494 e. The molecule has 0 radical (unpaired) electrons. The van der Waals surface area contributed by atoms with Gasteiger partial charge in [0.05, 0.1) is 6.61 Å². The van der Waals surface area contributed by atoms with Gasteiger partial charge in [0, 0.05) is 38.6 Å². The highest BCUT2D eigenvalue weighted by Gasteiger charge is 2.25. The fraction of sp³-hybridized carbons (Fsp3) is 0.619. The number of nitrogens with zero attached hydrogens (tertiary/aromatic N) is 2. The van der Waals surface area contributed by atoms with Crippen molar-refractivity contribution in [2.45, 2.75) is 52.5 Å². The minimum absolute atomic E-state index is 0. The molecule has 1 atom stereocenters. The smallest absolute Gasteiger partial charge is 0.222 e. The van der Waals surface area contributed by atoms with Crippen LogP contribution in [0.5, 0.6) is 5.75 Å². The first-order valence-corrected chi connectivity index (χ1v) is 10.2. The molecule has 1 aromatic rings. The van der Waals surface area contributed by atoms with Gasteiger partial charge in [-0.05, 0) is 43.9 Å². The summed E-state index contributed by atoms with van der Waals surface area (Å²) in [6, 6.07) is 8.50. The fourth-order valence-corrected chi connectivity index (χ4v) is 3.15. The van der Waals surface area contributed by atoms with Gasteiger partial charge < -0.3 is 20.3 Å². The molecule has 1 unspecified atom stereocenters. The van der Waals surface area contributed by atoms with Gasteiger partial charge in [0.15, 0.2) is 5.96 Å². The molecular formula is C21H35IN4O2. The van der Waals surface area contributed by atoms with Crippen LogP contribution in [0, 0.1) is 0 Å². The highest BCUT2D eigenvalue weighted by Crippen LogP contribution is 2.14. The van der Waals surface area contributed by atoms with Crippen molar-refractivity contribution in [2.24, 2.45) is 4.99 Å². The summed E-state index contributed by atoms with van der Waals surface area (Å²) in [4.78, 5) is 18.5. The predicted molar refractivity (Wildman–Crippen MR) is 126 cm³/mol. The lowest BCUT2D eigenvalue weighted by molar-refractivity contribution is -0.129. The van der Waals surface area contributed by atoms with Crippen LogP contribution in [0.15, 0.2) is 29.3 Å². The highest BCUT2D eigenvalue weighted by molar-refractivity contribution is 14.0. The number of benzene rings is 1. The topological polar surface area (TPSA) is 66.0 Å². The number of amides is 1. The number of nitrogens with one attached hydrogen (secondary N) is 2. The Morgan fingerprint density at radius 3 is 2.86 bits per heavy atom. The summed E-state index contributed by atoms with van der Waals surface area (Å²) in [7, 11) is 0. The number of ether oxygens (including phenoxy) is 1. The first kappa shape index (κ1) is 24.5. The normalized spacial score (nSPS) is 16.5. The van der Waals surface area contributed by atoms with Gasteiger partial charge >= 0.3 is 0 Å². The second-order valence-electron chi connectivity index (χ2n) is 6.83. The van der Waals surface area contributed by atoms with Gasteiger partial charge in [-0.2, -0.15) is 0 Å². The molecule has 1 fully saturated rings. The maximum atomic E-state index is 11.8. The first-order valence-electron chi connectivity index (χ1n) is 10.2. The maximum absolute atomic E-state index is 11.8. The number of guanidine groups is 1. The van der Waals surface area contributed by atoms with E-state index < -0.39 is 0 Å². The third-order valence-electron chi connectivity index (χ3n) is 4.57. The summed E-state index contributed by atoms with van der Waals surface area (Å²) in [5.74, 6) is 1.98. The Balaban J connectivity index is 0.00000392. The van der Waals surface area contributed by atoms with E-state index in [1.54, 1.807) is 0 Å². The predicted octanol–water partition coefficient (Wildman–Crippen LogP) is 3.20. The molecule has 7 heteroatoms. The van der Waals surface area contributed by atoms with E-state index in [0.717, 1.165) is 57.2 Å². The summed E-state index contributed by atoms with van der Waals surface area (Å²) in [6.07, 6.45) is 3.41. The van der Waals surface area contributed by atoms with Crippen LogP contribution in [0.4, 0.5) is 0 Å². The van der Waals surface area contributed by atoms with Crippen molar-refractivity contribution in [1.29, 1.82) is 0 Å². The van der Waals surface area contributed by atoms with E-state index in [4.69, 9.17) is 9.73 Å². The van der Waals surface area contributed by atoms with Crippen LogP contribution in [0.3, 0.4) is 0 Å². The Kier molecular flexibility index (Phi) is 11.9. The second kappa shape index (κ2) is 13.6. The molecular weight excluding hydrogens is 467 g/mol. The summed E-state index contributed by atoms with van der Waals surface area (Å²) < 4.78 is 5.70. The lowest BCUT2D eigenvalue weighted by Gasteiger charge is -2.18. The molecule has 1 aromatic carbocycles. The standard InChI is InChI=1S/C21H34N4O2.HI/c1-4-14-27-19-9-7-8-17(15-19)10-12-23-21(22-6-3)24-18-11-13-25(16-18)20(26)5-2;/h7-9,15,18H,4-6,10-14,16H2,1-3H3,(H2,22,23,24);1H. The molecule has 0 spiro atoms. The van der Waals surface area contributed by atoms with Crippen LogP contribution < -0.4 is 15.4 Å². The lowest BCUT2D eigenvalue weighted by atomic mass is 10.1. The first-order chi connectivity index (χ1) is 13.2. The average molecular weight is 502 g/mol. The number of carbonyl (C=O) groups excluding carboxylic acids is 1. The summed E-state index contributed by atoms with van der Waals surface area (Å²) >= 11 is 0. The maximum Gasteiger partial charge on any atom is 0.222 e. The number of hydrogen-bond acceptors (Lipinski definition) is 3. The third kappa shape index (κ3) is 8.24. The van der Waals surface area contributed by atoms with Crippen molar-refractivity contribution < 1.29 is 9.53 Å². The van der Waals surface area contributed by atoms with Crippen molar-refractivity contribution in [2.75, 3.05) is 32.8 Å². The van der Waals surface area contributed by atoms with Gasteiger partial charge in [-0.15, -0.1) is 24.0 Å². The number of hydrogen-bond donors (Lipinski definition) is 2. The van der Waals surface area contributed by atoms with Crippen molar-refractivity contribution in [1.82, 2.24) is 15.5 Å². The zero-order valence-corrected chi connectivity index (χ0v) is 19.7. The van der Waals surface area contributed by atoms with Gasteiger partial charge in [0.1, 0.15) is 5.75 Å². The van der Waals surface area contributed by atoms with E-state index >= 15 is 0 Å². The van der Waals surface area contributed by atoms with E-state index in [1.165, 1.54) is 5.56 Å². The molecule has 28 heavy (non-hydrogen) atoms. The number of rotatable bonds is 9. The summed E-state index contributed by atoms with van der Waals surface area (Å²) in [5.41, 5.74) is 1.23. The highest BCUT2D eigenvalue weighted by atomic mass is 127. The Bertz CT molecular complexity index is 624. The van der Waals surface area contributed by atoms with Crippen molar-refractivity contribution in [3.8, 4) is 5.75 Å². The molecule has 2 rings (SSSR count). The molecule has 1 amide bonds. The van der Waals surface area contributed by atoms with Crippen LogP contribution in [-0.2, 0) is 11.2 Å².